The molecule has 1 N–H and O–H groups in total. The molecule has 0 aliphatic carbocycles. The van der Waals surface area contributed by atoms with Crippen LogP contribution in [0.4, 0.5) is 0 Å². The summed E-state index contributed by atoms with van der Waals surface area (Å²) in [7, 11) is 0. The summed E-state index contributed by atoms with van der Waals surface area (Å²) in [6.45, 7) is 11.9. The van der Waals surface area contributed by atoms with Crippen molar-refractivity contribution in [1.29, 1.82) is 0 Å². The first-order valence-corrected chi connectivity index (χ1v) is 6.68. The number of nitrogens with zero attached hydrogens (tertiary/aromatic N) is 1. The van der Waals surface area contributed by atoms with Crippen molar-refractivity contribution in [3.63, 3.8) is 0 Å². The van der Waals surface area contributed by atoms with Crippen LogP contribution < -0.4 is 5.32 Å². The van der Waals surface area contributed by atoms with Crippen LogP contribution in [0.1, 0.15) is 46.5 Å². The standard InChI is InChI=1S/C13H28N2/c1-4-8-14-13(3)11-15-9-5-6-12(2)7-10-15/h12-14H,4-11H2,1-3H3. The quantitative estimate of drug-likeness (QED) is 0.753. The lowest BCUT2D eigenvalue weighted by molar-refractivity contribution is 0.254. The van der Waals surface area contributed by atoms with Crippen LogP contribution in [0.5, 0.6) is 0 Å². The van der Waals surface area contributed by atoms with Crippen LogP contribution in [-0.2, 0) is 0 Å². The maximum absolute atomic E-state index is 3.57. The number of likely N-dealkylation sites (tertiary alicyclic amines) is 1. The van der Waals surface area contributed by atoms with Crippen LogP contribution in [0.2, 0.25) is 0 Å². The average Bonchev–Trinajstić information content (AvgIpc) is 2.41. The van der Waals surface area contributed by atoms with Crippen molar-refractivity contribution >= 4 is 0 Å². The number of hydrogen-bond acceptors (Lipinski definition) is 2. The van der Waals surface area contributed by atoms with Gasteiger partial charge in [0.25, 0.3) is 0 Å². The van der Waals surface area contributed by atoms with E-state index in [9.17, 15) is 0 Å². The van der Waals surface area contributed by atoms with E-state index in [0.29, 0.717) is 6.04 Å². The van der Waals surface area contributed by atoms with Gasteiger partial charge in [-0.3, -0.25) is 0 Å². The molecule has 2 heteroatoms. The maximum Gasteiger partial charge on any atom is 0.0166 e. The van der Waals surface area contributed by atoms with Crippen molar-refractivity contribution in [2.24, 2.45) is 5.92 Å². The van der Waals surface area contributed by atoms with Crippen molar-refractivity contribution in [3.05, 3.63) is 0 Å². The number of hydrogen-bond donors (Lipinski definition) is 1. The molecule has 1 aliphatic heterocycles. The zero-order valence-electron chi connectivity index (χ0n) is 10.8. The van der Waals surface area contributed by atoms with Gasteiger partial charge in [0.05, 0.1) is 0 Å². The van der Waals surface area contributed by atoms with Gasteiger partial charge in [-0.05, 0) is 58.2 Å². The first kappa shape index (κ1) is 13.0. The highest BCUT2D eigenvalue weighted by Gasteiger charge is 2.15. The molecule has 0 spiro atoms. The summed E-state index contributed by atoms with van der Waals surface area (Å²) in [5.74, 6) is 0.939. The highest BCUT2D eigenvalue weighted by atomic mass is 15.1. The molecule has 2 unspecified atom stereocenters. The van der Waals surface area contributed by atoms with Gasteiger partial charge in [0.15, 0.2) is 0 Å². The van der Waals surface area contributed by atoms with Gasteiger partial charge in [-0.25, -0.2) is 0 Å². The van der Waals surface area contributed by atoms with Crippen molar-refractivity contribution in [3.8, 4) is 0 Å². The Hall–Kier alpha value is -0.0800. The molecular weight excluding hydrogens is 184 g/mol. The summed E-state index contributed by atoms with van der Waals surface area (Å²) in [5.41, 5.74) is 0. The Bertz CT molecular complexity index is 159. The van der Waals surface area contributed by atoms with E-state index in [-0.39, 0.29) is 0 Å². The third-order valence-electron chi connectivity index (χ3n) is 3.38. The summed E-state index contributed by atoms with van der Waals surface area (Å²) >= 11 is 0. The summed E-state index contributed by atoms with van der Waals surface area (Å²) in [4.78, 5) is 2.64. The Morgan fingerprint density at radius 1 is 1.33 bits per heavy atom. The molecule has 1 saturated heterocycles. The molecule has 0 amide bonds. The molecule has 2 nitrogen and oxygen atoms in total. The minimum atomic E-state index is 0.651. The Kier molecular flexibility index (Phi) is 6.26. The lowest BCUT2D eigenvalue weighted by Gasteiger charge is -2.24. The van der Waals surface area contributed by atoms with Gasteiger partial charge in [0.1, 0.15) is 0 Å². The first-order valence-electron chi connectivity index (χ1n) is 6.68. The van der Waals surface area contributed by atoms with Gasteiger partial charge in [-0.2, -0.15) is 0 Å². The van der Waals surface area contributed by atoms with E-state index in [1.807, 2.05) is 0 Å². The fourth-order valence-corrected chi connectivity index (χ4v) is 2.35. The normalized spacial score (nSPS) is 26.2. The smallest absolute Gasteiger partial charge is 0.0166 e. The summed E-state index contributed by atoms with van der Waals surface area (Å²) < 4.78 is 0. The Morgan fingerprint density at radius 2 is 2.13 bits per heavy atom. The lowest BCUT2D eigenvalue weighted by Crippen LogP contribution is -2.40. The fourth-order valence-electron chi connectivity index (χ4n) is 2.35. The molecule has 2 atom stereocenters. The Morgan fingerprint density at radius 3 is 2.87 bits per heavy atom. The zero-order chi connectivity index (χ0) is 11.1. The van der Waals surface area contributed by atoms with Gasteiger partial charge in [0, 0.05) is 12.6 Å². The van der Waals surface area contributed by atoms with E-state index in [4.69, 9.17) is 0 Å². The van der Waals surface area contributed by atoms with Crippen molar-refractivity contribution in [1.82, 2.24) is 10.2 Å². The van der Waals surface area contributed by atoms with Crippen LogP contribution >= 0.6 is 0 Å². The van der Waals surface area contributed by atoms with Gasteiger partial charge < -0.3 is 10.2 Å². The van der Waals surface area contributed by atoms with E-state index in [2.05, 4.69) is 31.0 Å². The van der Waals surface area contributed by atoms with E-state index in [1.165, 1.54) is 45.3 Å². The third-order valence-corrected chi connectivity index (χ3v) is 3.38. The molecule has 90 valence electrons. The highest BCUT2D eigenvalue weighted by Crippen LogP contribution is 2.16. The number of nitrogens with one attached hydrogen (secondary N) is 1. The minimum Gasteiger partial charge on any atom is -0.313 e. The molecule has 1 fully saturated rings. The van der Waals surface area contributed by atoms with Crippen LogP contribution in [0, 0.1) is 5.92 Å². The molecule has 0 saturated carbocycles. The SMILES string of the molecule is CCCNC(C)CN1CCCC(C)CC1. The molecule has 15 heavy (non-hydrogen) atoms. The average molecular weight is 212 g/mol. The predicted molar refractivity (Wildman–Crippen MR) is 67.2 cm³/mol. The van der Waals surface area contributed by atoms with E-state index in [1.54, 1.807) is 0 Å². The second-order valence-corrected chi connectivity index (χ2v) is 5.19. The van der Waals surface area contributed by atoms with Crippen LogP contribution in [0.3, 0.4) is 0 Å². The maximum atomic E-state index is 3.57. The monoisotopic (exact) mass is 212 g/mol. The van der Waals surface area contributed by atoms with Crippen molar-refractivity contribution in [2.45, 2.75) is 52.5 Å². The summed E-state index contributed by atoms with van der Waals surface area (Å²) in [6, 6.07) is 0.651. The van der Waals surface area contributed by atoms with Crippen molar-refractivity contribution in [2.75, 3.05) is 26.2 Å². The largest absolute Gasteiger partial charge is 0.313 e. The summed E-state index contributed by atoms with van der Waals surface area (Å²) in [6.07, 6.45) is 5.44. The molecule has 0 aromatic rings. The van der Waals surface area contributed by atoms with Gasteiger partial charge >= 0.3 is 0 Å². The zero-order valence-corrected chi connectivity index (χ0v) is 10.8. The topological polar surface area (TPSA) is 15.3 Å². The molecule has 1 aliphatic rings. The Labute approximate surface area is 95.4 Å². The second-order valence-electron chi connectivity index (χ2n) is 5.19. The molecule has 1 rings (SSSR count). The van der Waals surface area contributed by atoms with Gasteiger partial charge in [-0.15, -0.1) is 0 Å². The molecule has 0 bridgehead atoms. The third kappa shape index (κ3) is 5.53. The fraction of sp³-hybridized carbons (Fsp3) is 1.00. The van der Waals surface area contributed by atoms with Gasteiger partial charge in [-0.1, -0.05) is 13.8 Å². The minimum absolute atomic E-state index is 0.651. The molecule has 1 heterocycles. The predicted octanol–water partition coefficient (Wildman–Crippen LogP) is 2.50. The highest BCUT2D eigenvalue weighted by molar-refractivity contribution is 4.72. The lowest BCUT2D eigenvalue weighted by atomic mass is 10.0. The number of rotatable bonds is 5. The Balaban J connectivity index is 2.18. The molecule has 0 radical (unpaired) electrons. The van der Waals surface area contributed by atoms with Crippen LogP contribution in [-0.4, -0.2) is 37.1 Å². The second kappa shape index (κ2) is 7.24. The summed E-state index contributed by atoms with van der Waals surface area (Å²) in [5, 5.41) is 3.57. The van der Waals surface area contributed by atoms with E-state index in [0.717, 1.165) is 12.5 Å². The first-order chi connectivity index (χ1) is 7.22. The van der Waals surface area contributed by atoms with Crippen LogP contribution in [0.15, 0.2) is 0 Å². The van der Waals surface area contributed by atoms with Crippen LogP contribution in [0.25, 0.3) is 0 Å². The molecule has 0 aromatic carbocycles. The van der Waals surface area contributed by atoms with Gasteiger partial charge in [0.2, 0.25) is 0 Å². The van der Waals surface area contributed by atoms with E-state index < -0.39 is 0 Å². The molecular formula is C13H28N2. The van der Waals surface area contributed by atoms with Crippen molar-refractivity contribution < 1.29 is 0 Å². The molecule has 0 aromatic heterocycles. The van der Waals surface area contributed by atoms with E-state index >= 15 is 0 Å².